The zero-order chi connectivity index (χ0) is 13.4. The van der Waals surface area contributed by atoms with Gasteiger partial charge < -0.3 is 11.1 Å². The minimum atomic E-state index is -1.26. The highest BCUT2D eigenvalue weighted by atomic mass is 35.5. The van der Waals surface area contributed by atoms with E-state index in [9.17, 15) is 4.79 Å². The van der Waals surface area contributed by atoms with Crippen LogP contribution in [0, 0.1) is 5.41 Å². The maximum Gasteiger partial charge on any atom is 0.314 e. The van der Waals surface area contributed by atoms with Crippen molar-refractivity contribution in [3.63, 3.8) is 0 Å². The zero-order valence-electron chi connectivity index (χ0n) is 11.0. The summed E-state index contributed by atoms with van der Waals surface area (Å²) in [4.78, 5) is 11.0. The third kappa shape index (κ3) is 2.63. The first-order chi connectivity index (χ1) is 7.63. The van der Waals surface area contributed by atoms with Crippen LogP contribution in [0.5, 0.6) is 0 Å². The molecule has 7 heteroatoms. The second kappa shape index (κ2) is 4.57. The van der Waals surface area contributed by atoms with E-state index in [1.165, 1.54) is 0 Å². The molecule has 0 saturated heterocycles. The van der Waals surface area contributed by atoms with Crippen LogP contribution >= 0.6 is 21.6 Å². The monoisotopic (exact) mass is 280 g/mol. The number of hydrogen-bond acceptors (Lipinski definition) is 3. The Morgan fingerprint density at radius 3 is 2.59 bits per heavy atom. The van der Waals surface area contributed by atoms with Crippen molar-refractivity contribution in [2.45, 2.75) is 19.3 Å². The van der Waals surface area contributed by atoms with Crippen molar-refractivity contribution in [1.82, 2.24) is 10.3 Å². The lowest BCUT2D eigenvalue weighted by Crippen LogP contribution is -2.47. The predicted octanol–water partition coefficient (Wildman–Crippen LogP) is 1.53. The first-order valence-electron chi connectivity index (χ1n) is 5.29. The number of carbonyl (C=O) groups is 1. The first kappa shape index (κ1) is 14.4. The van der Waals surface area contributed by atoms with Gasteiger partial charge in [-0.25, -0.2) is 4.79 Å². The van der Waals surface area contributed by atoms with Gasteiger partial charge in [0.25, 0.3) is 0 Å². The van der Waals surface area contributed by atoms with Crippen LogP contribution < -0.4 is 11.1 Å². The van der Waals surface area contributed by atoms with Crippen molar-refractivity contribution in [3.8, 4) is 0 Å². The highest BCUT2D eigenvalue weighted by Crippen LogP contribution is 2.56. The smallest absolute Gasteiger partial charge is 0.314 e. The highest BCUT2D eigenvalue weighted by Gasteiger charge is 2.45. The lowest BCUT2D eigenvalue weighted by molar-refractivity contribution is 0.234. The number of primary amides is 1. The molecule has 0 fully saturated rings. The number of alkyl halides is 1. The Balaban J connectivity index is 3.05. The lowest BCUT2D eigenvalue weighted by Gasteiger charge is -2.40. The maximum atomic E-state index is 11.0. The second-order valence-electron chi connectivity index (χ2n) is 5.26. The van der Waals surface area contributed by atoms with Crippen LogP contribution in [0.1, 0.15) is 13.8 Å². The summed E-state index contributed by atoms with van der Waals surface area (Å²) < 4.78 is 0. The predicted molar refractivity (Wildman–Crippen MR) is 75.6 cm³/mol. The van der Waals surface area contributed by atoms with Crippen molar-refractivity contribution in [3.05, 3.63) is 0 Å². The molecule has 1 atom stereocenters. The summed E-state index contributed by atoms with van der Waals surface area (Å²) in [5.41, 5.74) is 4.87. The summed E-state index contributed by atoms with van der Waals surface area (Å²) in [6.07, 6.45) is 4.23. The van der Waals surface area contributed by atoms with Gasteiger partial charge in [0.2, 0.25) is 0 Å². The number of halogens is 1. The molecule has 1 unspecified atom stereocenters. The van der Waals surface area contributed by atoms with Crippen LogP contribution in [-0.2, 0) is 0 Å². The summed E-state index contributed by atoms with van der Waals surface area (Å²) >= 11 is 6.00. The number of amides is 2. The molecule has 5 nitrogen and oxygen atoms in total. The summed E-state index contributed by atoms with van der Waals surface area (Å²) in [6.45, 7) is 4.13. The molecule has 1 heterocycles. The van der Waals surface area contributed by atoms with Crippen molar-refractivity contribution in [2.75, 3.05) is 25.4 Å². The number of nitrogens with two attached hydrogens (primary N) is 1. The fourth-order valence-electron chi connectivity index (χ4n) is 2.06. The third-order valence-electron chi connectivity index (χ3n) is 2.82. The van der Waals surface area contributed by atoms with Gasteiger partial charge in [-0.1, -0.05) is 13.8 Å². The van der Waals surface area contributed by atoms with Gasteiger partial charge in [0.15, 0.2) is 5.50 Å². The molecule has 1 aliphatic heterocycles. The molecule has 17 heavy (non-hydrogen) atoms. The number of carbonyl (C=O) groups excluding carboxylic acids is 1. The number of rotatable bonds is 3. The fraction of sp³-hybridized carbons (Fsp3) is 0.800. The van der Waals surface area contributed by atoms with Gasteiger partial charge in [0.05, 0.1) is 5.04 Å². The summed E-state index contributed by atoms with van der Waals surface area (Å²) in [6, 6.07) is -0.525. The molecular weight excluding hydrogens is 260 g/mol. The van der Waals surface area contributed by atoms with Gasteiger partial charge in [0, 0.05) is 18.3 Å². The summed E-state index contributed by atoms with van der Waals surface area (Å²) in [5.74, 6) is 0.499. The number of hydrogen-bond donors (Lipinski definition) is 2. The molecule has 100 valence electrons. The molecule has 2 amide bonds. The molecule has 1 rings (SSSR count). The topological polar surface area (TPSA) is 70.7 Å². The molecule has 0 aromatic carbocycles. The Bertz CT molecular complexity index is 356. The van der Waals surface area contributed by atoms with Gasteiger partial charge >= 0.3 is 6.03 Å². The Labute approximate surface area is 109 Å². The fourth-order valence-corrected chi connectivity index (χ4v) is 5.53. The van der Waals surface area contributed by atoms with E-state index >= 15 is 0 Å². The standard InChI is InChI=1S/C10H21ClN4OS/c1-10(2,6-11)7-14-15(3)9(13-8(12)16)17(7,4)5/h9H,6H2,1-5H3,(H3,12,13,16). The molecule has 0 aliphatic carbocycles. The molecule has 0 spiro atoms. The van der Waals surface area contributed by atoms with Crippen LogP contribution in [0.2, 0.25) is 0 Å². The van der Waals surface area contributed by atoms with E-state index in [0.29, 0.717) is 5.88 Å². The Morgan fingerprint density at radius 2 is 2.18 bits per heavy atom. The van der Waals surface area contributed by atoms with E-state index in [2.05, 4.69) is 36.8 Å². The number of hydrazone groups is 1. The van der Waals surface area contributed by atoms with Gasteiger partial charge in [-0.05, 0) is 12.5 Å². The van der Waals surface area contributed by atoms with Gasteiger partial charge in [-0.2, -0.15) is 15.1 Å². The van der Waals surface area contributed by atoms with E-state index in [0.717, 1.165) is 5.04 Å². The first-order valence-corrected chi connectivity index (χ1v) is 8.33. The number of nitrogens with one attached hydrogen (secondary N) is 1. The van der Waals surface area contributed by atoms with Crippen molar-refractivity contribution in [1.29, 1.82) is 0 Å². The molecule has 0 aromatic rings. The quantitative estimate of drug-likeness (QED) is 0.770. The van der Waals surface area contributed by atoms with Crippen LogP contribution in [-0.4, -0.2) is 47.0 Å². The van der Waals surface area contributed by atoms with Gasteiger partial charge in [-0.15, -0.1) is 11.6 Å². The van der Waals surface area contributed by atoms with E-state index in [1.54, 1.807) is 5.01 Å². The van der Waals surface area contributed by atoms with Crippen LogP contribution in [0.3, 0.4) is 0 Å². The Kier molecular flexibility index (Phi) is 3.88. The Hall–Kier alpha value is -0.620. The van der Waals surface area contributed by atoms with Crippen LogP contribution in [0.15, 0.2) is 5.10 Å². The number of urea groups is 1. The van der Waals surface area contributed by atoms with E-state index in [1.807, 2.05) is 7.05 Å². The second-order valence-corrected chi connectivity index (χ2v) is 9.18. The average Bonchev–Trinajstić information content (AvgIpc) is 2.41. The molecule has 0 radical (unpaired) electrons. The molecule has 0 bridgehead atoms. The van der Waals surface area contributed by atoms with E-state index < -0.39 is 16.1 Å². The van der Waals surface area contributed by atoms with Crippen molar-refractivity contribution >= 4 is 32.7 Å². The van der Waals surface area contributed by atoms with Crippen molar-refractivity contribution in [2.24, 2.45) is 16.3 Å². The van der Waals surface area contributed by atoms with E-state index in [4.69, 9.17) is 17.3 Å². The van der Waals surface area contributed by atoms with Crippen LogP contribution in [0.25, 0.3) is 0 Å². The molecular formula is C10H21ClN4OS. The maximum absolute atomic E-state index is 11.0. The van der Waals surface area contributed by atoms with E-state index in [-0.39, 0.29) is 10.9 Å². The minimum Gasteiger partial charge on any atom is -0.352 e. The minimum absolute atomic E-state index is 0.155. The molecule has 1 aliphatic rings. The molecule has 0 saturated carbocycles. The summed E-state index contributed by atoms with van der Waals surface area (Å²) in [5, 5.41) is 10.1. The molecule has 3 N–H and O–H groups in total. The largest absolute Gasteiger partial charge is 0.352 e. The van der Waals surface area contributed by atoms with Crippen LogP contribution in [0.4, 0.5) is 4.79 Å². The molecule has 0 aromatic heterocycles. The zero-order valence-corrected chi connectivity index (χ0v) is 12.5. The van der Waals surface area contributed by atoms with Gasteiger partial charge in [-0.3, -0.25) is 5.01 Å². The van der Waals surface area contributed by atoms with Crippen molar-refractivity contribution < 1.29 is 4.79 Å². The SMILES string of the molecule is CN1N=C(C(C)(C)CCl)S(C)(C)C1NC(N)=O. The average molecular weight is 281 g/mol. The lowest BCUT2D eigenvalue weighted by atomic mass is 9.98. The number of nitrogens with zero attached hydrogens (tertiary/aromatic N) is 2. The Morgan fingerprint density at radius 1 is 1.65 bits per heavy atom. The normalized spacial score (nSPS) is 25.4. The van der Waals surface area contributed by atoms with Gasteiger partial charge in [0.1, 0.15) is 0 Å². The third-order valence-corrected chi connectivity index (χ3v) is 6.66. The summed E-state index contributed by atoms with van der Waals surface area (Å²) in [7, 11) is 0.578. The highest BCUT2D eigenvalue weighted by molar-refractivity contribution is 8.45.